The fourth-order valence-electron chi connectivity index (χ4n) is 5.38. The largest absolute Gasteiger partial charge is 0.497 e. The second-order valence-corrected chi connectivity index (χ2v) is 6.84. The lowest BCUT2D eigenvalue weighted by Crippen LogP contribution is -2.63. The number of methoxy groups -OCH3 is 2. The van der Waals surface area contributed by atoms with Crippen molar-refractivity contribution in [2.24, 2.45) is 5.92 Å². The molecule has 0 amide bonds. The van der Waals surface area contributed by atoms with Crippen LogP contribution in [0.2, 0.25) is 0 Å². The zero-order valence-corrected chi connectivity index (χ0v) is 13.0. The van der Waals surface area contributed by atoms with Crippen molar-refractivity contribution < 1.29 is 14.2 Å². The molecule has 4 nitrogen and oxygen atoms in total. The molecule has 5 rings (SSSR count). The van der Waals surface area contributed by atoms with E-state index in [1.807, 2.05) is 6.07 Å². The number of piperidine rings is 1. The molecular formula is C18H21NO3. The Bertz CT molecular complexity index is 683. The van der Waals surface area contributed by atoms with Crippen LogP contribution in [-0.2, 0) is 16.6 Å². The molecule has 0 saturated carbocycles. The summed E-state index contributed by atoms with van der Waals surface area (Å²) in [5.74, 6) is 3.39. The van der Waals surface area contributed by atoms with Crippen LogP contribution in [0.4, 0.5) is 0 Å². The van der Waals surface area contributed by atoms with Gasteiger partial charge in [0.2, 0.25) is 0 Å². The first-order chi connectivity index (χ1) is 10.8. The van der Waals surface area contributed by atoms with Crippen LogP contribution in [0.25, 0.3) is 0 Å². The van der Waals surface area contributed by atoms with Crippen LogP contribution in [0.1, 0.15) is 24.0 Å². The van der Waals surface area contributed by atoms with Crippen molar-refractivity contribution in [2.45, 2.75) is 36.8 Å². The van der Waals surface area contributed by atoms with E-state index in [0.29, 0.717) is 12.0 Å². The van der Waals surface area contributed by atoms with Gasteiger partial charge in [0.25, 0.3) is 0 Å². The Kier molecular flexibility index (Phi) is 2.44. The highest BCUT2D eigenvalue weighted by atomic mass is 16.6. The van der Waals surface area contributed by atoms with Crippen LogP contribution in [0, 0.1) is 5.92 Å². The van der Waals surface area contributed by atoms with Gasteiger partial charge in [-0.25, -0.2) is 0 Å². The number of rotatable bonds is 2. The third kappa shape index (κ3) is 1.29. The molecule has 1 aromatic carbocycles. The summed E-state index contributed by atoms with van der Waals surface area (Å²) in [6.45, 7) is 1.05. The van der Waals surface area contributed by atoms with Crippen molar-refractivity contribution in [3.63, 3.8) is 0 Å². The Labute approximate surface area is 130 Å². The summed E-state index contributed by atoms with van der Waals surface area (Å²) in [6.07, 6.45) is 5.50. The minimum absolute atomic E-state index is 0.00574. The van der Waals surface area contributed by atoms with Gasteiger partial charge in [0, 0.05) is 17.0 Å². The molecule has 2 bridgehead atoms. The monoisotopic (exact) mass is 299 g/mol. The average Bonchev–Trinajstić information content (AvgIpc) is 2.88. The van der Waals surface area contributed by atoms with Gasteiger partial charge in [-0.15, -0.1) is 0 Å². The number of hydrogen-bond donors (Lipinski definition) is 1. The van der Waals surface area contributed by atoms with Crippen molar-refractivity contribution in [3.05, 3.63) is 35.1 Å². The standard InChI is InChI=1S/C18H21NO3/c1-20-13-5-3-10-9-12-11-4-6-14(21-2)17-18(11,7-8-19-12)15(10)16(13)22-17/h3,5-6,11-12,17,19H,4,7-9H2,1-2H3/t11?,12?,17-,18-/m1/s1. The number of ether oxygens (including phenoxy) is 3. The highest BCUT2D eigenvalue weighted by molar-refractivity contribution is 5.62. The molecule has 2 aliphatic carbocycles. The highest BCUT2D eigenvalue weighted by Gasteiger charge is 2.63. The molecule has 1 fully saturated rings. The smallest absolute Gasteiger partial charge is 0.166 e. The molecule has 1 saturated heterocycles. The zero-order chi connectivity index (χ0) is 14.9. The fraction of sp³-hybridized carbons (Fsp3) is 0.556. The number of hydrogen-bond acceptors (Lipinski definition) is 4. The Balaban J connectivity index is 1.81. The Hall–Kier alpha value is -1.68. The van der Waals surface area contributed by atoms with Gasteiger partial charge in [0.05, 0.1) is 14.2 Å². The Morgan fingerprint density at radius 2 is 2.18 bits per heavy atom. The molecule has 0 aromatic heterocycles. The van der Waals surface area contributed by atoms with E-state index in [0.717, 1.165) is 43.1 Å². The lowest BCUT2D eigenvalue weighted by molar-refractivity contribution is 0.0182. The van der Waals surface area contributed by atoms with Crippen LogP contribution < -0.4 is 14.8 Å². The van der Waals surface area contributed by atoms with E-state index in [9.17, 15) is 0 Å². The van der Waals surface area contributed by atoms with Crippen molar-refractivity contribution in [2.75, 3.05) is 20.8 Å². The van der Waals surface area contributed by atoms with Crippen molar-refractivity contribution >= 4 is 0 Å². The van der Waals surface area contributed by atoms with Gasteiger partial charge in [0.1, 0.15) is 5.76 Å². The fourth-order valence-corrected chi connectivity index (χ4v) is 5.38. The summed E-state index contributed by atoms with van der Waals surface area (Å²) in [7, 11) is 3.48. The summed E-state index contributed by atoms with van der Waals surface area (Å²) < 4.78 is 17.7. The summed E-state index contributed by atoms with van der Waals surface area (Å²) in [5.41, 5.74) is 2.89. The third-order valence-corrected chi connectivity index (χ3v) is 6.20. The second kappa shape index (κ2) is 4.19. The molecule has 22 heavy (non-hydrogen) atoms. The van der Waals surface area contributed by atoms with E-state index >= 15 is 0 Å². The van der Waals surface area contributed by atoms with Gasteiger partial charge in [-0.05, 0) is 49.4 Å². The van der Waals surface area contributed by atoms with E-state index in [1.54, 1.807) is 14.2 Å². The molecule has 2 heterocycles. The van der Waals surface area contributed by atoms with Crippen molar-refractivity contribution in [3.8, 4) is 11.5 Å². The molecule has 4 atom stereocenters. The minimum Gasteiger partial charge on any atom is -0.497 e. The van der Waals surface area contributed by atoms with Crippen molar-refractivity contribution in [1.82, 2.24) is 5.32 Å². The first-order valence-electron chi connectivity index (χ1n) is 8.14. The first kappa shape index (κ1) is 12.8. The lowest BCUT2D eigenvalue weighted by atomic mass is 9.53. The summed E-state index contributed by atoms with van der Waals surface area (Å²) in [5, 5.41) is 3.73. The highest BCUT2D eigenvalue weighted by Crippen LogP contribution is 2.62. The number of nitrogens with one attached hydrogen (secondary N) is 1. The van der Waals surface area contributed by atoms with Gasteiger partial charge < -0.3 is 19.5 Å². The Morgan fingerprint density at radius 3 is 3.00 bits per heavy atom. The Morgan fingerprint density at radius 1 is 1.27 bits per heavy atom. The molecule has 0 radical (unpaired) electrons. The molecule has 4 heteroatoms. The normalized spacial score (nSPS) is 37.0. The number of benzene rings is 1. The van der Waals surface area contributed by atoms with E-state index in [-0.39, 0.29) is 11.5 Å². The van der Waals surface area contributed by atoms with Gasteiger partial charge in [-0.2, -0.15) is 0 Å². The third-order valence-electron chi connectivity index (χ3n) is 6.20. The maximum atomic E-state index is 6.46. The SMILES string of the molecule is COC1=CCC2C3Cc4ccc(OC)c5c4[C@]2(CCN3)[C@@H]1O5. The molecule has 1 spiro atoms. The van der Waals surface area contributed by atoms with E-state index in [4.69, 9.17) is 14.2 Å². The zero-order valence-electron chi connectivity index (χ0n) is 13.0. The first-order valence-corrected chi connectivity index (χ1v) is 8.14. The summed E-state index contributed by atoms with van der Waals surface area (Å²) >= 11 is 0. The molecule has 2 aliphatic heterocycles. The molecule has 116 valence electrons. The molecule has 1 N–H and O–H groups in total. The van der Waals surface area contributed by atoms with Crippen LogP contribution in [0.3, 0.4) is 0 Å². The maximum Gasteiger partial charge on any atom is 0.166 e. The molecule has 4 aliphatic rings. The van der Waals surface area contributed by atoms with E-state index in [1.165, 1.54) is 11.1 Å². The lowest BCUT2D eigenvalue weighted by Gasteiger charge is -2.54. The quantitative estimate of drug-likeness (QED) is 0.908. The molecular weight excluding hydrogens is 278 g/mol. The summed E-state index contributed by atoms with van der Waals surface area (Å²) in [4.78, 5) is 0. The molecule has 1 aromatic rings. The minimum atomic E-state index is 0.00574. The predicted octanol–water partition coefficient (Wildman–Crippen LogP) is 2.16. The predicted molar refractivity (Wildman–Crippen MR) is 82.4 cm³/mol. The van der Waals surface area contributed by atoms with E-state index < -0.39 is 0 Å². The van der Waals surface area contributed by atoms with Crippen LogP contribution in [-0.4, -0.2) is 32.9 Å². The maximum absolute atomic E-state index is 6.46. The topological polar surface area (TPSA) is 39.7 Å². The van der Waals surface area contributed by atoms with Crippen LogP contribution in [0.5, 0.6) is 11.5 Å². The van der Waals surface area contributed by atoms with Gasteiger partial charge in [-0.1, -0.05) is 6.07 Å². The van der Waals surface area contributed by atoms with Crippen molar-refractivity contribution in [1.29, 1.82) is 0 Å². The molecule has 2 unspecified atom stereocenters. The van der Waals surface area contributed by atoms with Crippen LogP contribution in [0.15, 0.2) is 24.0 Å². The second-order valence-electron chi connectivity index (χ2n) is 6.84. The van der Waals surface area contributed by atoms with Gasteiger partial charge in [-0.3, -0.25) is 0 Å². The summed E-state index contributed by atoms with van der Waals surface area (Å²) in [6, 6.07) is 4.82. The number of allylic oxidation sites excluding steroid dienone is 1. The van der Waals surface area contributed by atoms with Gasteiger partial charge in [0.15, 0.2) is 17.6 Å². The van der Waals surface area contributed by atoms with Crippen LogP contribution >= 0.6 is 0 Å². The average molecular weight is 299 g/mol. The van der Waals surface area contributed by atoms with E-state index in [2.05, 4.69) is 17.5 Å². The van der Waals surface area contributed by atoms with Gasteiger partial charge >= 0.3 is 0 Å².